The van der Waals surface area contributed by atoms with Gasteiger partial charge in [0.25, 0.3) is 0 Å². The van der Waals surface area contributed by atoms with Crippen molar-refractivity contribution in [3.8, 4) is 11.5 Å². The summed E-state index contributed by atoms with van der Waals surface area (Å²) >= 11 is 0. The molecule has 7 nitrogen and oxygen atoms in total. The van der Waals surface area contributed by atoms with E-state index in [9.17, 15) is 14.9 Å². The largest absolute Gasteiger partial charge is 0.493 e. The van der Waals surface area contributed by atoms with Crippen molar-refractivity contribution in [1.29, 1.82) is 0 Å². The molecule has 0 saturated heterocycles. The molecule has 0 atom stereocenters. The van der Waals surface area contributed by atoms with Crippen LogP contribution in [0.15, 0.2) is 17.1 Å². The van der Waals surface area contributed by atoms with Crippen LogP contribution in [0.3, 0.4) is 0 Å². The molecule has 0 saturated carbocycles. The molecule has 0 N–H and O–H groups in total. The lowest BCUT2D eigenvalue weighted by Gasteiger charge is -2.09. The third kappa shape index (κ3) is 2.79. The van der Waals surface area contributed by atoms with Gasteiger partial charge < -0.3 is 9.47 Å². The molecule has 0 amide bonds. The van der Waals surface area contributed by atoms with Crippen molar-refractivity contribution in [3.05, 3.63) is 27.8 Å². The lowest BCUT2D eigenvalue weighted by molar-refractivity contribution is -0.385. The third-order valence-corrected chi connectivity index (χ3v) is 2.04. The standard InChI is InChI=1S/C10H10N2O5/c1-16-9-4-7(5-11-6-13)3-8(12(14)15)10(9)17-2/h3-4H,5H2,1-2H3. The van der Waals surface area contributed by atoms with E-state index in [-0.39, 0.29) is 23.7 Å². The number of aliphatic imine (C=N–C) groups is 1. The number of methoxy groups -OCH3 is 2. The van der Waals surface area contributed by atoms with Crippen LogP contribution in [0.4, 0.5) is 5.69 Å². The van der Waals surface area contributed by atoms with Gasteiger partial charge in [0, 0.05) is 6.07 Å². The van der Waals surface area contributed by atoms with E-state index in [1.807, 2.05) is 0 Å². The number of isocyanates is 1. The van der Waals surface area contributed by atoms with Crippen molar-refractivity contribution in [2.24, 2.45) is 4.99 Å². The number of nitrogens with zero attached hydrogens (tertiary/aromatic N) is 2. The van der Waals surface area contributed by atoms with E-state index in [1.165, 1.54) is 32.4 Å². The van der Waals surface area contributed by atoms with E-state index in [0.717, 1.165) is 0 Å². The normalized spacial score (nSPS) is 9.29. The molecular weight excluding hydrogens is 228 g/mol. The minimum atomic E-state index is -0.588. The third-order valence-electron chi connectivity index (χ3n) is 2.04. The van der Waals surface area contributed by atoms with E-state index >= 15 is 0 Å². The molecule has 1 aromatic rings. The summed E-state index contributed by atoms with van der Waals surface area (Å²) in [5, 5.41) is 10.8. The smallest absolute Gasteiger partial charge is 0.315 e. The summed E-state index contributed by atoms with van der Waals surface area (Å²) in [6.45, 7) is 0.00466. The zero-order chi connectivity index (χ0) is 12.8. The zero-order valence-corrected chi connectivity index (χ0v) is 9.30. The summed E-state index contributed by atoms with van der Waals surface area (Å²) in [4.78, 5) is 23.6. The fraction of sp³-hybridized carbons (Fsp3) is 0.300. The van der Waals surface area contributed by atoms with E-state index in [2.05, 4.69) is 4.99 Å². The average molecular weight is 238 g/mol. The maximum absolute atomic E-state index is 10.8. The Morgan fingerprint density at radius 2 is 2.12 bits per heavy atom. The highest BCUT2D eigenvalue weighted by Crippen LogP contribution is 2.37. The molecule has 1 aromatic carbocycles. The summed E-state index contributed by atoms with van der Waals surface area (Å²) in [5.41, 5.74) is 0.237. The summed E-state index contributed by atoms with van der Waals surface area (Å²) < 4.78 is 9.89. The Morgan fingerprint density at radius 1 is 1.41 bits per heavy atom. The van der Waals surface area contributed by atoms with Crippen LogP contribution in [-0.2, 0) is 11.3 Å². The highest BCUT2D eigenvalue weighted by Gasteiger charge is 2.21. The maximum Gasteiger partial charge on any atom is 0.315 e. The Morgan fingerprint density at radius 3 is 2.59 bits per heavy atom. The van der Waals surface area contributed by atoms with Gasteiger partial charge in [-0.3, -0.25) is 10.1 Å². The van der Waals surface area contributed by atoms with Gasteiger partial charge in [-0.2, -0.15) is 0 Å². The van der Waals surface area contributed by atoms with Crippen molar-refractivity contribution in [2.75, 3.05) is 14.2 Å². The quantitative estimate of drug-likeness (QED) is 0.335. The van der Waals surface area contributed by atoms with Gasteiger partial charge in [-0.1, -0.05) is 0 Å². The lowest BCUT2D eigenvalue weighted by atomic mass is 10.1. The molecule has 17 heavy (non-hydrogen) atoms. The average Bonchev–Trinajstić information content (AvgIpc) is 2.34. The molecule has 0 bridgehead atoms. The van der Waals surface area contributed by atoms with Crippen LogP contribution < -0.4 is 9.47 Å². The monoisotopic (exact) mass is 238 g/mol. The molecular formula is C10H10N2O5. The molecule has 0 spiro atoms. The second-order valence-electron chi connectivity index (χ2n) is 3.02. The fourth-order valence-corrected chi connectivity index (χ4v) is 1.35. The molecule has 0 unspecified atom stereocenters. The van der Waals surface area contributed by atoms with Crippen LogP contribution in [0, 0.1) is 10.1 Å². The number of nitro groups is 1. The number of nitro benzene ring substituents is 1. The Kier molecular flexibility index (Phi) is 4.19. The number of hydrogen-bond acceptors (Lipinski definition) is 6. The topological polar surface area (TPSA) is 91.0 Å². The van der Waals surface area contributed by atoms with Crippen molar-refractivity contribution >= 4 is 11.8 Å². The van der Waals surface area contributed by atoms with Gasteiger partial charge >= 0.3 is 5.69 Å². The van der Waals surface area contributed by atoms with Crippen LogP contribution >= 0.6 is 0 Å². The molecule has 90 valence electrons. The molecule has 0 radical (unpaired) electrons. The first-order valence-corrected chi connectivity index (χ1v) is 4.57. The van der Waals surface area contributed by atoms with Crippen molar-refractivity contribution in [2.45, 2.75) is 6.54 Å². The number of benzene rings is 1. The SMILES string of the molecule is COc1cc(CN=C=O)cc([N+](=O)[O-])c1OC. The highest BCUT2D eigenvalue weighted by atomic mass is 16.6. The highest BCUT2D eigenvalue weighted by molar-refractivity contribution is 5.58. The Balaban J connectivity index is 3.33. The van der Waals surface area contributed by atoms with E-state index in [0.29, 0.717) is 5.56 Å². The first-order valence-electron chi connectivity index (χ1n) is 4.57. The predicted octanol–water partition coefficient (Wildman–Crippen LogP) is 1.45. The maximum atomic E-state index is 10.8. The van der Waals surface area contributed by atoms with Gasteiger partial charge in [0.1, 0.15) is 0 Å². The van der Waals surface area contributed by atoms with Gasteiger partial charge in [-0.05, 0) is 11.6 Å². The van der Waals surface area contributed by atoms with E-state index in [4.69, 9.17) is 9.47 Å². The molecule has 0 aliphatic heterocycles. The van der Waals surface area contributed by atoms with Crippen molar-refractivity contribution < 1.29 is 19.2 Å². The van der Waals surface area contributed by atoms with Crippen LogP contribution in [-0.4, -0.2) is 25.2 Å². The van der Waals surface area contributed by atoms with Crippen molar-refractivity contribution in [3.63, 3.8) is 0 Å². The molecule has 0 fully saturated rings. The predicted molar refractivity (Wildman–Crippen MR) is 58.0 cm³/mol. The molecule has 1 rings (SSSR count). The minimum Gasteiger partial charge on any atom is -0.493 e. The Bertz CT molecular complexity index is 480. The van der Waals surface area contributed by atoms with Gasteiger partial charge in [-0.25, -0.2) is 9.79 Å². The Hall–Kier alpha value is -2.40. The van der Waals surface area contributed by atoms with E-state index < -0.39 is 4.92 Å². The molecule has 7 heteroatoms. The zero-order valence-electron chi connectivity index (χ0n) is 9.30. The van der Waals surface area contributed by atoms with Crippen LogP contribution in [0.5, 0.6) is 11.5 Å². The Labute approximate surface area is 96.8 Å². The van der Waals surface area contributed by atoms with Crippen LogP contribution in [0.1, 0.15) is 5.56 Å². The van der Waals surface area contributed by atoms with Crippen LogP contribution in [0.25, 0.3) is 0 Å². The summed E-state index contributed by atoms with van der Waals surface area (Å²) in [6.07, 6.45) is 1.36. The second-order valence-corrected chi connectivity index (χ2v) is 3.02. The fourth-order valence-electron chi connectivity index (χ4n) is 1.35. The van der Waals surface area contributed by atoms with Gasteiger partial charge in [0.05, 0.1) is 25.7 Å². The number of ether oxygens (including phenoxy) is 2. The molecule has 0 heterocycles. The summed E-state index contributed by atoms with van der Waals surface area (Å²) in [6, 6.07) is 2.80. The van der Waals surface area contributed by atoms with Crippen molar-refractivity contribution in [1.82, 2.24) is 0 Å². The van der Waals surface area contributed by atoms with Gasteiger partial charge in [0.2, 0.25) is 11.8 Å². The minimum absolute atomic E-state index is 0.00466. The first kappa shape index (κ1) is 12.7. The molecule has 0 aliphatic rings. The molecule has 0 aliphatic carbocycles. The number of carbonyl (C=O) groups excluding carboxylic acids is 1. The van der Waals surface area contributed by atoms with E-state index in [1.54, 1.807) is 0 Å². The summed E-state index contributed by atoms with van der Waals surface area (Å²) in [5.74, 6) is 0.258. The van der Waals surface area contributed by atoms with Crippen LogP contribution in [0.2, 0.25) is 0 Å². The number of hydrogen-bond donors (Lipinski definition) is 0. The lowest BCUT2D eigenvalue weighted by Crippen LogP contribution is -1.98. The van der Waals surface area contributed by atoms with Gasteiger partial charge in [-0.15, -0.1) is 0 Å². The summed E-state index contributed by atoms with van der Waals surface area (Å²) in [7, 11) is 2.68. The number of rotatable bonds is 5. The first-order chi connectivity index (χ1) is 8.13. The van der Waals surface area contributed by atoms with Gasteiger partial charge in [0.15, 0.2) is 5.75 Å². The molecule has 0 aromatic heterocycles. The second kappa shape index (κ2) is 5.62.